The normalized spacial score (nSPS) is 23.2. The van der Waals surface area contributed by atoms with Crippen LogP contribution in [-0.2, 0) is 62.0 Å². The van der Waals surface area contributed by atoms with Crippen molar-refractivity contribution in [2.45, 2.75) is 64.5 Å². The van der Waals surface area contributed by atoms with Crippen molar-refractivity contribution < 1.29 is 33.9 Å². The van der Waals surface area contributed by atoms with E-state index in [2.05, 4.69) is 13.8 Å². The molecule has 1 radical (unpaired) electrons. The van der Waals surface area contributed by atoms with Crippen molar-refractivity contribution in [3.05, 3.63) is 0 Å². The standard InChI is InChI=1S/2C9H17NO2S3.Cu/c2*1-2-3-5-10(9(13)14)8-4-6-15(11,12)7-8;/h2*8H,2-7H2,1H3,(H,13,14);/q;;+2/p-2. The van der Waals surface area contributed by atoms with E-state index in [0.717, 1.165) is 38.8 Å². The van der Waals surface area contributed by atoms with E-state index in [4.69, 9.17) is 49.7 Å². The van der Waals surface area contributed by atoms with Gasteiger partial charge in [0.2, 0.25) is 0 Å². The Balaban J connectivity index is 0.000000562. The smallest absolute Gasteiger partial charge is 0.411 e. The van der Waals surface area contributed by atoms with Gasteiger partial charge in [-0.1, -0.05) is 35.3 Å². The van der Waals surface area contributed by atoms with E-state index in [1.165, 1.54) is 0 Å². The molecule has 0 saturated carbocycles. The quantitative estimate of drug-likeness (QED) is 0.237. The summed E-state index contributed by atoms with van der Waals surface area (Å²) in [5.41, 5.74) is 0. The molecule has 2 saturated heterocycles. The van der Waals surface area contributed by atoms with Crippen molar-refractivity contribution in [3.63, 3.8) is 0 Å². The first-order valence-corrected chi connectivity index (χ1v) is 15.6. The summed E-state index contributed by atoms with van der Waals surface area (Å²) in [6.07, 6.45) is 5.48. The van der Waals surface area contributed by atoms with Gasteiger partial charge in [-0.2, -0.15) is 0 Å². The Labute approximate surface area is 220 Å². The van der Waals surface area contributed by atoms with Crippen LogP contribution in [0.15, 0.2) is 0 Å². The molecule has 6 nitrogen and oxygen atoms in total. The van der Waals surface area contributed by atoms with Gasteiger partial charge in [-0.3, -0.25) is 0 Å². The Morgan fingerprint density at radius 2 is 1.13 bits per heavy atom. The summed E-state index contributed by atoms with van der Waals surface area (Å²) in [6, 6.07) is 0.0399. The van der Waals surface area contributed by atoms with Crippen LogP contribution in [0, 0.1) is 0 Å². The third kappa shape index (κ3) is 11.6. The minimum Gasteiger partial charge on any atom is -0.411 e. The van der Waals surface area contributed by atoms with Gasteiger partial charge < -0.3 is 59.5 Å². The van der Waals surface area contributed by atoms with Crippen molar-refractivity contribution in [2.24, 2.45) is 0 Å². The van der Waals surface area contributed by atoms with Crippen LogP contribution in [0.4, 0.5) is 0 Å². The van der Waals surface area contributed by atoms with E-state index in [-0.39, 0.29) is 52.2 Å². The fourth-order valence-electron chi connectivity index (χ4n) is 3.55. The van der Waals surface area contributed by atoms with Crippen molar-refractivity contribution in [1.82, 2.24) is 9.80 Å². The van der Waals surface area contributed by atoms with Gasteiger partial charge in [-0.05, 0) is 25.7 Å². The molecule has 0 aromatic heterocycles. The first kappa shape index (κ1) is 31.6. The monoisotopic (exact) mass is 595 g/mol. The van der Waals surface area contributed by atoms with Gasteiger partial charge in [-0.15, -0.1) is 0 Å². The SMILES string of the molecule is CCCCN(C(=S)[S-])C1CCS(=O)(=O)C1.CCCCN(C(=S)[S-])C1CCS(=O)(=O)C1.[Cu+2]. The Bertz CT molecular complexity index is 725. The molecule has 0 aromatic carbocycles. The maximum Gasteiger partial charge on any atom is 2.00 e. The third-order valence-electron chi connectivity index (χ3n) is 5.27. The molecule has 13 heteroatoms. The molecule has 2 aliphatic heterocycles. The van der Waals surface area contributed by atoms with E-state index in [0.29, 0.717) is 21.5 Å². The average molecular weight is 596 g/mol. The predicted octanol–water partition coefficient (Wildman–Crippen LogP) is 2.21. The van der Waals surface area contributed by atoms with Crippen LogP contribution >= 0.6 is 24.4 Å². The summed E-state index contributed by atoms with van der Waals surface area (Å²) in [5, 5.41) is 0. The number of nitrogens with zero attached hydrogens (tertiary/aromatic N) is 2. The molecule has 2 atom stereocenters. The van der Waals surface area contributed by atoms with E-state index in [1.54, 1.807) is 0 Å². The molecule has 0 aromatic rings. The molecular formula is C18H32CuN2O4S6. The van der Waals surface area contributed by atoms with Crippen LogP contribution < -0.4 is 0 Å². The molecule has 0 N–H and O–H groups in total. The summed E-state index contributed by atoms with van der Waals surface area (Å²) >= 11 is 20.0. The van der Waals surface area contributed by atoms with E-state index < -0.39 is 19.7 Å². The number of thiocarbonyl (C=S) groups is 2. The second-order valence-corrected chi connectivity index (χ2v) is 14.3. The fourth-order valence-corrected chi connectivity index (χ4v) is 7.97. The van der Waals surface area contributed by atoms with Gasteiger partial charge in [0.15, 0.2) is 19.7 Å². The van der Waals surface area contributed by atoms with E-state index in [1.807, 2.05) is 9.80 Å². The zero-order chi connectivity index (χ0) is 22.9. The van der Waals surface area contributed by atoms with Crippen LogP contribution in [-0.4, -0.2) is 83.5 Å². The number of hydrogen-bond acceptors (Lipinski definition) is 8. The van der Waals surface area contributed by atoms with Crippen molar-refractivity contribution in [3.8, 4) is 0 Å². The summed E-state index contributed by atoms with van der Waals surface area (Å²) in [7, 11) is -5.69. The molecule has 185 valence electrons. The molecule has 31 heavy (non-hydrogen) atoms. The topological polar surface area (TPSA) is 74.8 Å². The number of sulfone groups is 2. The van der Waals surface area contributed by atoms with Crippen LogP contribution in [0.25, 0.3) is 0 Å². The third-order valence-corrected chi connectivity index (χ3v) is 9.71. The zero-order valence-corrected chi connectivity index (χ0v) is 23.8. The zero-order valence-electron chi connectivity index (χ0n) is 17.9. The molecule has 2 heterocycles. The molecule has 2 fully saturated rings. The van der Waals surface area contributed by atoms with Gasteiger partial charge >= 0.3 is 17.1 Å². The molecule has 2 rings (SSSR count). The maximum absolute atomic E-state index is 11.3. The molecule has 0 amide bonds. The average Bonchev–Trinajstić information content (AvgIpc) is 3.17. The second-order valence-electron chi connectivity index (χ2n) is 7.74. The van der Waals surface area contributed by atoms with Crippen molar-refractivity contribution in [2.75, 3.05) is 36.1 Å². The molecule has 0 spiro atoms. The minimum absolute atomic E-state index is 0. The van der Waals surface area contributed by atoms with E-state index >= 15 is 0 Å². The number of unbranched alkanes of at least 4 members (excludes halogenated alkanes) is 2. The fraction of sp³-hybridized carbons (Fsp3) is 0.889. The van der Waals surface area contributed by atoms with Crippen LogP contribution in [0.2, 0.25) is 0 Å². The van der Waals surface area contributed by atoms with Gasteiger partial charge in [0.05, 0.1) is 23.0 Å². The summed E-state index contributed by atoms with van der Waals surface area (Å²) < 4.78 is 46.2. The van der Waals surface area contributed by atoms with Crippen LogP contribution in [0.3, 0.4) is 0 Å². The molecule has 2 aliphatic rings. The first-order valence-electron chi connectivity index (χ1n) is 10.3. The van der Waals surface area contributed by atoms with Crippen LogP contribution in [0.5, 0.6) is 0 Å². The van der Waals surface area contributed by atoms with Gasteiger partial charge in [0, 0.05) is 25.2 Å². The second kappa shape index (κ2) is 14.8. The molecular weight excluding hydrogens is 564 g/mol. The number of rotatable bonds is 8. The Morgan fingerprint density at radius 1 is 0.806 bits per heavy atom. The summed E-state index contributed by atoms with van der Waals surface area (Å²) in [4.78, 5) is 3.80. The Kier molecular flexibility index (Phi) is 15.1. The van der Waals surface area contributed by atoms with E-state index in [9.17, 15) is 16.8 Å². The maximum atomic E-state index is 11.3. The largest absolute Gasteiger partial charge is 2.00 e. The molecule has 0 aliphatic carbocycles. The van der Waals surface area contributed by atoms with Gasteiger partial charge in [0.1, 0.15) is 0 Å². The van der Waals surface area contributed by atoms with Crippen molar-refractivity contribution in [1.29, 1.82) is 0 Å². The molecule has 2 unspecified atom stereocenters. The Morgan fingerprint density at radius 3 is 1.32 bits per heavy atom. The first-order chi connectivity index (χ1) is 13.9. The summed E-state index contributed by atoms with van der Waals surface area (Å²) in [5.74, 6) is 0.984. The van der Waals surface area contributed by atoms with Crippen molar-refractivity contribution >= 4 is 78.0 Å². The minimum atomic E-state index is -2.85. The Hall–Kier alpha value is 0.639. The van der Waals surface area contributed by atoms with Gasteiger partial charge in [0.25, 0.3) is 0 Å². The molecule has 0 bridgehead atoms. The van der Waals surface area contributed by atoms with Gasteiger partial charge in [-0.25, -0.2) is 16.8 Å². The number of hydrogen-bond donors (Lipinski definition) is 0. The predicted molar refractivity (Wildman–Crippen MR) is 137 cm³/mol. The summed E-state index contributed by atoms with van der Waals surface area (Å²) in [6.45, 7) is 5.77. The van der Waals surface area contributed by atoms with Crippen LogP contribution in [0.1, 0.15) is 52.4 Å².